The number of ether oxygens (including phenoxy) is 3. The highest BCUT2D eigenvalue weighted by Gasteiger charge is 2.46. The maximum absolute atomic E-state index is 13.5. The summed E-state index contributed by atoms with van der Waals surface area (Å²) in [7, 11) is -3.78. The Labute approximate surface area is 171 Å². The Morgan fingerprint density at radius 2 is 1.79 bits per heavy atom. The van der Waals surface area contributed by atoms with Crippen molar-refractivity contribution in [2.45, 2.75) is 51.1 Å². The van der Waals surface area contributed by atoms with E-state index in [1.807, 2.05) is 18.2 Å². The van der Waals surface area contributed by atoms with Crippen LogP contribution in [0.2, 0.25) is 0 Å². The molecule has 0 amide bonds. The van der Waals surface area contributed by atoms with Crippen molar-refractivity contribution >= 4 is 16.2 Å². The van der Waals surface area contributed by atoms with Crippen LogP contribution in [0.3, 0.4) is 0 Å². The Morgan fingerprint density at radius 1 is 1.07 bits per heavy atom. The quantitative estimate of drug-likeness (QED) is 0.674. The molecule has 0 spiro atoms. The second kappa shape index (κ2) is 8.49. The van der Waals surface area contributed by atoms with E-state index in [1.54, 1.807) is 6.92 Å². The van der Waals surface area contributed by atoms with Crippen molar-refractivity contribution in [3.8, 4) is 11.5 Å². The third-order valence-electron chi connectivity index (χ3n) is 5.72. The van der Waals surface area contributed by atoms with Gasteiger partial charge in [0.05, 0.1) is 25.9 Å². The van der Waals surface area contributed by atoms with Crippen LogP contribution in [-0.4, -0.2) is 61.9 Å². The largest absolute Gasteiger partial charge is 0.490 e. The molecule has 3 aliphatic heterocycles. The van der Waals surface area contributed by atoms with E-state index in [2.05, 4.69) is 0 Å². The summed E-state index contributed by atoms with van der Waals surface area (Å²) in [5, 5.41) is 0. The lowest BCUT2D eigenvalue weighted by Gasteiger charge is -2.31. The topological polar surface area (TPSA) is 85.4 Å². The summed E-state index contributed by atoms with van der Waals surface area (Å²) in [6.07, 6.45) is 3.48. The Kier molecular flexibility index (Phi) is 5.98. The Hall–Kier alpha value is -1.84. The van der Waals surface area contributed by atoms with Crippen LogP contribution in [0, 0.1) is 0 Å². The molecule has 9 heteroatoms. The molecule has 4 rings (SSSR count). The van der Waals surface area contributed by atoms with Crippen LogP contribution in [0.25, 0.3) is 0 Å². The van der Waals surface area contributed by atoms with Crippen molar-refractivity contribution in [1.82, 2.24) is 8.61 Å². The maximum Gasteiger partial charge on any atom is 0.324 e. The molecule has 2 fully saturated rings. The molecule has 3 heterocycles. The van der Waals surface area contributed by atoms with E-state index in [1.165, 1.54) is 8.61 Å². The molecular formula is C20H28N2O6S. The van der Waals surface area contributed by atoms with Gasteiger partial charge < -0.3 is 14.2 Å². The highest BCUT2D eigenvalue weighted by molar-refractivity contribution is 7.86. The number of hydrogen-bond donors (Lipinski definition) is 0. The molecule has 8 nitrogen and oxygen atoms in total. The average Bonchev–Trinajstić information content (AvgIpc) is 3.34. The number of fused-ring (bicyclic) bond motifs is 1. The fourth-order valence-corrected chi connectivity index (χ4v) is 6.41. The first-order valence-corrected chi connectivity index (χ1v) is 11.8. The van der Waals surface area contributed by atoms with Crippen LogP contribution in [0.5, 0.6) is 11.5 Å². The van der Waals surface area contributed by atoms with Gasteiger partial charge in [0.25, 0.3) is 10.2 Å². The van der Waals surface area contributed by atoms with Crippen LogP contribution in [0.4, 0.5) is 0 Å². The SMILES string of the molecule is CCOC(=O)[C@@H]1CCCN1S(=O)(=O)N1CCC[C@@H]1c1ccc2c(c1)OCCCO2. The average molecular weight is 425 g/mol. The summed E-state index contributed by atoms with van der Waals surface area (Å²) in [6, 6.07) is 4.66. The lowest BCUT2D eigenvalue weighted by Crippen LogP contribution is -2.48. The van der Waals surface area contributed by atoms with Gasteiger partial charge in [-0.2, -0.15) is 17.0 Å². The highest BCUT2D eigenvalue weighted by Crippen LogP contribution is 2.40. The monoisotopic (exact) mass is 424 g/mol. The predicted octanol–water partition coefficient (Wildman–Crippen LogP) is 2.26. The van der Waals surface area contributed by atoms with Gasteiger partial charge in [0.2, 0.25) is 0 Å². The zero-order valence-electron chi connectivity index (χ0n) is 16.7. The molecule has 1 aromatic rings. The van der Waals surface area contributed by atoms with E-state index in [0.29, 0.717) is 50.6 Å². The van der Waals surface area contributed by atoms with Gasteiger partial charge in [0.15, 0.2) is 11.5 Å². The van der Waals surface area contributed by atoms with Gasteiger partial charge in [-0.05, 0) is 50.3 Å². The molecule has 0 N–H and O–H groups in total. The summed E-state index contributed by atoms with van der Waals surface area (Å²) < 4.78 is 46.4. The predicted molar refractivity (Wildman–Crippen MR) is 106 cm³/mol. The van der Waals surface area contributed by atoms with Gasteiger partial charge in [-0.15, -0.1) is 0 Å². The molecule has 2 saturated heterocycles. The molecule has 160 valence electrons. The Bertz CT molecular complexity index is 859. The van der Waals surface area contributed by atoms with Gasteiger partial charge in [0, 0.05) is 19.5 Å². The van der Waals surface area contributed by atoms with E-state index in [4.69, 9.17) is 14.2 Å². The first-order chi connectivity index (χ1) is 14.0. The lowest BCUT2D eigenvalue weighted by atomic mass is 10.0. The van der Waals surface area contributed by atoms with Crippen LogP contribution >= 0.6 is 0 Å². The summed E-state index contributed by atoms with van der Waals surface area (Å²) in [5.41, 5.74) is 0.891. The van der Waals surface area contributed by atoms with Crippen molar-refractivity contribution in [2.75, 3.05) is 32.9 Å². The fraction of sp³-hybridized carbons (Fsp3) is 0.650. The standard InChI is InChI=1S/C20H28N2O6S/c1-2-26-20(23)17-7-4-11-22(17)29(24,25)21-10-3-6-16(21)15-8-9-18-19(14-15)28-13-5-12-27-18/h8-9,14,16-17H,2-7,10-13H2,1H3/t16-,17+/m1/s1. The highest BCUT2D eigenvalue weighted by atomic mass is 32.2. The van der Waals surface area contributed by atoms with E-state index >= 15 is 0 Å². The molecule has 0 aromatic heterocycles. The Balaban J connectivity index is 1.59. The number of hydrogen-bond acceptors (Lipinski definition) is 6. The molecule has 0 unspecified atom stereocenters. The molecular weight excluding hydrogens is 396 g/mol. The van der Waals surface area contributed by atoms with Crippen molar-refractivity contribution < 1.29 is 27.4 Å². The third-order valence-corrected chi connectivity index (χ3v) is 7.77. The van der Waals surface area contributed by atoms with Crippen molar-refractivity contribution in [1.29, 1.82) is 0 Å². The molecule has 0 saturated carbocycles. The zero-order valence-corrected chi connectivity index (χ0v) is 17.5. The third kappa shape index (κ3) is 3.95. The van der Waals surface area contributed by atoms with Crippen molar-refractivity contribution in [3.05, 3.63) is 23.8 Å². The molecule has 0 radical (unpaired) electrons. The number of rotatable bonds is 5. The van der Waals surface area contributed by atoms with E-state index in [9.17, 15) is 13.2 Å². The maximum atomic E-state index is 13.5. The molecule has 0 bridgehead atoms. The minimum absolute atomic E-state index is 0.243. The first-order valence-electron chi connectivity index (χ1n) is 10.4. The molecule has 0 aliphatic carbocycles. The minimum atomic E-state index is -3.78. The minimum Gasteiger partial charge on any atom is -0.490 e. The number of esters is 1. The van der Waals surface area contributed by atoms with Crippen molar-refractivity contribution in [2.24, 2.45) is 0 Å². The molecule has 29 heavy (non-hydrogen) atoms. The summed E-state index contributed by atoms with van der Waals surface area (Å²) in [6.45, 7) is 3.95. The normalized spacial score (nSPS) is 25.7. The van der Waals surface area contributed by atoms with E-state index < -0.39 is 22.2 Å². The summed E-state index contributed by atoms with van der Waals surface area (Å²) >= 11 is 0. The number of carbonyl (C=O) groups excluding carboxylic acids is 1. The van der Waals surface area contributed by atoms with Gasteiger partial charge in [-0.25, -0.2) is 0 Å². The van der Waals surface area contributed by atoms with Crippen LogP contribution in [-0.2, 0) is 19.7 Å². The first kappa shape index (κ1) is 20.4. The fourth-order valence-electron chi connectivity index (χ4n) is 4.36. The summed E-state index contributed by atoms with van der Waals surface area (Å²) in [5.74, 6) is 0.898. The smallest absolute Gasteiger partial charge is 0.324 e. The van der Waals surface area contributed by atoms with Gasteiger partial charge in [-0.3, -0.25) is 4.79 Å². The second-order valence-electron chi connectivity index (χ2n) is 7.55. The zero-order chi connectivity index (χ0) is 20.4. The van der Waals surface area contributed by atoms with E-state index in [-0.39, 0.29) is 12.6 Å². The van der Waals surface area contributed by atoms with Gasteiger partial charge >= 0.3 is 5.97 Å². The molecule has 2 atom stereocenters. The molecule has 3 aliphatic rings. The number of nitrogens with zero attached hydrogens (tertiary/aromatic N) is 2. The van der Waals surface area contributed by atoms with Crippen LogP contribution in [0.15, 0.2) is 18.2 Å². The summed E-state index contributed by atoms with van der Waals surface area (Å²) in [4.78, 5) is 12.3. The van der Waals surface area contributed by atoms with Crippen LogP contribution < -0.4 is 9.47 Å². The number of carbonyl (C=O) groups is 1. The number of benzene rings is 1. The van der Waals surface area contributed by atoms with Gasteiger partial charge in [0.1, 0.15) is 6.04 Å². The molecule has 1 aromatic carbocycles. The van der Waals surface area contributed by atoms with Crippen LogP contribution in [0.1, 0.15) is 50.6 Å². The van der Waals surface area contributed by atoms with E-state index in [0.717, 1.165) is 24.8 Å². The van der Waals surface area contributed by atoms with Crippen molar-refractivity contribution in [3.63, 3.8) is 0 Å². The van der Waals surface area contributed by atoms with Gasteiger partial charge in [-0.1, -0.05) is 6.07 Å². The Morgan fingerprint density at radius 3 is 2.59 bits per heavy atom. The second-order valence-corrected chi connectivity index (χ2v) is 9.39. The lowest BCUT2D eigenvalue weighted by molar-refractivity contribution is -0.146.